The first kappa shape index (κ1) is 13.7. The van der Waals surface area contributed by atoms with Crippen molar-refractivity contribution < 1.29 is 19.1 Å². The van der Waals surface area contributed by atoms with Crippen LogP contribution in [0.1, 0.15) is 33.1 Å². The van der Waals surface area contributed by atoms with Crippen LogP contribution in [-0.4, -0.2) is 25.2 Å². The van der Waals surface area contributed by atoms with Crippen LogP contribution in [0.4, 0.5) is 0 Å². The molecule has 1 rings (SSSR count). The average molecular weight is 240 g/mol. The van der Waals surface area contributed by atoms with Gasteiger partial charge in [-0.3, -0.25) is 9.59 Å². The van der Waals surface area contributed by atoms with Gasteiger partial charge in [0, 0.05) is 0 Å². The molecule has 4 nitrogen and oxygen atoms in total. The average Bonchev–Trinajstić information content (AvgIpc) is 2.36. The number of esters is 2. The monoisotopic (exact) mass is 240 g/mol. The van der Waals surface area contributed by atoms with Crippen molar-refractivity contribution in [3.05, 3.63) is 12.2 Å². The van der Waals surface area contributed by atoms with Crippen LogP contribution in [0, 0.1) is 11.8 Å². The van der Waals surface area contributed by atoms with E-state index in [4.69, 9.17) is 9.47 Å². The number of allylic oxidation sites excluding steroid dienone is 1. The number of carbonyl (C=O) groups is 2. The summed E-state index contributed by atoms with van der Waals surface area (Å²) in [5.74, 6) is -1.48. The summed E-state index contributed by atoms with van der Waals surface area (Å²) in [4.78, 5) is 23.5. The SMILES string of the molecule is CCCOC(=O)C1C=CCCC1C(=O)OCC. The Labute approximate surface area is 102 Å². The molecule has 0 aromatic rings. The summed E-state index contributed by atoms with van der Waals surface area (Å²) >= 11 is 0. The zero-order valence-electron chi connectivity index (χ0n) is 10.5. The first-order valence-electron chi connectivity index (χ1n) is 6.20. The summed E-state index contributed by atoms with van der Waals surface area (Å²) in [5.41, 5.74) is 0. The number of carbonyl (C=O) groups excluding carboxylic acids is 2. The highest BCUT2D eigenvalue weighted by Crippen LogP contribution is 2.27. The van der Waals surface area contributed by atoms with E-state index in [1.165, 1.54) is 0 Å². The normalized spacial score (nSPS) is 23.2. The highest BCUT2D eigenvalue weighted by molar-refractivity contribution is 5.83. The van der Waals surface area contributed by atoms with Gasteiger partial charge in [-0.2, -0.15) is 0 Å². The highest BCUT2D eigenvalue weighted by atomic mass is 16.5. The molecule has 0 aliphatic heterocycles. The second-order valence-electron chi connectivity index (χ2n) is 4.06. The molecule has 0 spiro atoms. The van der Waals surface area contributed by atoms with Crippen molar-refractivity contribution in [2.24, 2.45) is 11.8 Å². The van der Waals surface area contributed by atoms with E-state index in [1.54, 1.807) is 13.0 Å². The molecule has 2 atom stereocenters. The fourth-order valence-electron chi connectivity index (χ4n) is 1.89. The molecule has 0 saturated heterocycles. The van der Waals surface area contributed by atoms with E-state index >= 15 is 0 Å². The van der Waals surface area contributed by atoms with Gasteiger partial charge in [0.15, 0.2) is 0 Å². The molecule has 0 saturated carbocycles. The van der Waals surface area contributed by atoms with Gasteiger partial charge in [-0.25, -0.2) is 0 Å². The molecular formula is C13H20O4. The van der Waals surface area contributed by atoms with Gasteiger partial charge in [0.05, 0.1) is 25.0 Å². The number of ether oxygens (including phenoxy) is 2. The Balaban J connectivity index is 2.64. The predicted molar refractivity (Wildman–Crippen MR) is 63.2 cm³/mol. The van der Waals surface area contributed by atoms with Crippen molar-refractivity contribution >= 4 is 11.9 Å². The fourth-order valence-corrected chi connectivity index (χ4v) is 1.89. The maximum Gasteiger partial charge on any atom is 0.313 e. The van der Waals surface area contributed by atoms with Crippen molar-refractivity contribution in [2.45, 2.75) is 33.1 Å². The minimum Gasteiger partial charge on any atom is -0.466 e. The van der Waals surface area contributed by atoms with Crippen LogP contribution in [0.15, 0.2) is 12.2 Å². The van der Waals surface area contributed by atoms with Crippen LogP contribution in [-0.2, 0) is 19.1 Å². The van der Waals surface area contributed by atoms with Crippen LogP contribution in [0.25, 0.3) is 0 Å². The van der Waals surface area contributed by atoms with Crippen LogP contribution < -0.4 is 0 Å². The zero-order chi connectivity index (χ0) is 12.7. The summed E-state index contributed by atoms with van der Waals surface area (Å²) in [6, 6.07) is 0. The second kappa shape index (κ2) is 7.09. The fraction of sp³-hybridized carbons (Fsp3) is 0.692. The van der Waals surface area contributed by atoms with Gasteiger partial charge < -0.3 is 9.47 Å². The molecule has 0 radical (unpaired) electrons. The Morgan fingerprint density at radius 2 is 2.00 bits per heavy atom. The molecular weight excluding hydrogens is 220 g/mol. The first-order valence-corrected chi connectivity index (χ1v) is 6.20. The van der Waals surface area contributed by atoms with Crippen molar-refractivity contribution in [1.82, 2.24) is 0 Å². The molecule has 0 aromatic carbocycles. The van der Waals surface area contributed by atoms with Gasteiger partial charge in [0.25, 0.3) is 0 Å². The van der Waals surface area contributed by atoms with Gasteiger partial charge in [-0.1, -0.05) is 19.1 Å². The quantitative estimate of drug-likeness (QED) is 0.545. The molecule has 1 aliphatic carbocycles. The van der Waals surface area contributed by atoms with Crippen molar-refractivity contribution in [3.8, 4) is 0 Å². The van der Waals surface area contributed by atoms with Gasteiger partial charge in [-0.05, 0) is 26.2 Å². The minimum absolute atomic E-state index is 0.296. The summed E-state index contributed by atoms with van der Waals surface area (Å²) in [7, 11) is 0. The molecule has 0 aromatic heterocycles. The Hall–Kier alpha value is -1.32. The van der Waals surface area contributed by atoms with E-state index < -0.39 is 5.92 Å². The maximum absolute atomic E-state index is 11.8. The number of hydrogen-bond acceptors (Lipinski definition) is 4. The standard InChI is InChI=1S/C13H20O4/c1-3-9-17-13(15)11-8-6-5-7-10(11)12(14)16-4-2/h6,8,10-11H,3-5,7,9H2,1-2H3. The molecule has 1 aliphatic rings. The molecule has 0 N–H and O–H groups in total. The molecule has 2 unspecified atom stereocenters. The summed E-state index contributed by atoms with van der Waals surface area (Å²) < 4.78 is 10.1. The smallest absolute Gasteiger partial charge is 0.313 e. The molecule has 4 heteroatoms. The van der Waals surface area contributed by atoms with Gasteiger partial charge >= 0.3 is 11.9 Å². The first-order chi connectivity index (χ1) is 8.20. The van der Waals surface area contributed by atoms with E-state index in [1.807, 2.05) is 13.0 Å². The van der Waals surface area contributed by atoms with E-state index in [9.17, 15) is 9.59 Å². The molecule has 0 bridgehead atoms. The highest BCUT2D eigenvalue weighted by Gasteiger charge is 2.35. The van der Waals surface area contributed by atoms with Gasteiger partial charge in [0.2, 0.25) is 0 Å². The maximum atomic E-state index is 11.8. The lowest BCUT2D eigenvalue weighted by Crippen LogP contribution is -2.33. The molecule has 17 heavy (non-hydrogen) atoms. The number of hydrogen-bond donors (Lipinski definition) is 0. The Bertz CT molecular complexity index is 296. The Morgan fingerprint density at radius 1 is 1.24 bits per heavy atom. The van der Waals surface area contributed by atoms with Gasteiger partial charge in [0.1, 0.15) is 0 Å². The molecule has 0 fully saturated rings. The van der Waals surface area contributed by atoms with Crippen LogP contribution >= 0.6 is 0 Å². The second-order valence-corrected chi connectivity index (χ2v) is 4.06. The Kier molecular flexibility index (Phi) is 5.73. The van der Waals surface area contributed by atoms with Crippen molar-refractivity contribution in [2.75, 3.05) is 13.2 Å². The van der Waals surface area contributed by atoms with Gasteiger partial charge in [-0.15, -0.1) is 0 Å². The third-order valence-electron chi connectivity index (χ3n) is 2.73. The third kappa shape index (κ3) is 3.88. The lowest BCUT2D eigenvalue weighted by molar-refractivity contribution is -0.159. The van der Waals surface area contributed by atoms with E-state index in [2.05, 4.69) is 0 Å². The number of rotatable bonds is 5. The summed E-state index contributed by atoms with van der Waals surface area (Å²) in [5, 5.41) is 0. The summed E-state index contributed by atoms with van der Waals surface area (Å²) in [6.07, 6.45) is 5.94. The molecule has 96 valence electrons. The van der Waals surface area contributed by atoms with E-state index in [0.29, 0.717) is 19.6 Å². The lowest BCUT2D eigenvalue weighted by Gasteiger charge is -2.24. The predicted octanol–water partition coefficient (Wildman–Crippen LogP) is 2.09. The van der Waals surface area contributed by atoms with Crippen LogP contribution in [0.5, 0.6) is 0 Å². The zero-order valence-corrected chi connectivity index (χ0v) is 10.5. The largest absolute Gasteiger partial charge is 0.466 e. The topological polar surface area (TPSA) is 52.6 Å². The van der Waals surface area contributed by atoms with Crippen LogP contribution in [0.2, 0.25) is 0 Å². The van der Waals surface area contributed by atoms with E-state index in [-0.39, 0.29) is 17.9 Å². The third-order valence-corrected chi connectivity index (χ3v) is 2.73. The van der Waals surface area contributed by atoms with Crippen LogP contribution in [0.3, 0.4) is 0 Å². The Morgan fingerprint density at radius 3 is 2.65 bits per heavy atom. The summed E-state index contributed by atoms with van der Waals surface area (Å²) in [6.45, 7) is 4.45. The lowest BCUT2D eigenvalue weighted by atomic mass is 9.84. The van der Waals surface area contributed by atoms with Crippen molar-refractivity contribution in [3.63, 3.8) is 0 Å². The minimum atomic E-state index is -0.477. The molecule has 0 amide bonds. The van der Waals surface area contributed by atoms with E-state index in [0.717, 1.165) is 12.8 Å². The molecule has 0 heterocycles. The van der Waals surface area contributed by atoms with Crippen molar-refractivity contribution in [1.29, 1.82) is 0 Å².